The molecule has 5 heteroatoms. The van der Waals surface area contributed by atoms with Crippen molar-refractivity contribution in [1.82, 2.24) is 10.6 Å². The zero-order valence-corrected chi connectivity index (χ0v) is 13.8. The maximum Gasteiger partial charge on any atom is 0.191 e. The second kappa shape index (κ2) is 11.4. The number of hydrogen-bond donors (Lipinski definition) is 3. The van der Waals surface area contributed by atoms with Crippen LogP contribution in [0.15, 0.2) is 4.99 Å². The van der Waals surface area contributed by atoms with Gasteiger partial charge in [-0.1, -0.05) is 13.8 Å². The monoisotopic (exact) mass is 289 g/mol. The van der Waals surface area contributed by atoms with Crippen LogP contribution in [0.3, 0.4) is 0 Å². The number of nitrogens with zero attached hydrogens (tertiary/aromatic N) is 1. The molecule has 0 heterocycles. The molecule has 0 fully saturated rings. The summed E-state index contributed by atoms with van der Waals surface area (Å²) in [6.45, 7) is 8.29. The first-order valence-electron chi connectivity index (χ1n) is 7.35. The Morgan fingerprint density at radius 3 is 2.37 bits per heavy atom. The van der Waals surface area contributed by atoms with E-state index >= 15 is 0 Å². The summed E-state index contributed by atoms with van der Waals surface area (Å²) in [6.07, 6.45) is 5.98. The van der Waals surface area contributed by atoms with Crippen LogP contribution in [-0.2, 0) is 0 Å². The zero-order chi connectivity index (χ0) is 14.6. The van der Waals surface area contributed by atoms with Crippen molar-refractivity contribution in [2.24, 2.45) is 4.99 Å². The molecule has 0 aliphatic carbocycles. The van der Waals surface area contributed by atoms with Crippen molar-refractivity contribution in [3.05, 3.63) is 0 Å². The molecule has 0 amide bonds. The van der Waals surface area contributed by atoms with Crippen molar-refractivity contribution in [3.63, 3.8) is 0 Å². The average Bonchev–Trinajstić information content (AvgIpc) is 2.44. The highest BCUT2D eigenvalue weighted by Gasteiger charge is 2.21. The Hall–Kier alpha value is -0.420. The molecule has 0 aliphatic rings. The highest BCUT2D eigenvalue weighted by atomic mass is 32.2. The third kappa shape index (κ3) is 9.16. The molecule has 0 radical (unpaired) electrons. The normalized spacial score (nSPS) is 12.6. The topological polar surface area (TPSA) is 56.7 Å². The van der Waals surface area contributed by atoms with Crippen LogP contribution < -0.4 is 10.6 Å². The summed E-state index contributed by atoms with van der Waals surface area (Å²) in [5.41, 5.74) is -0.665. The first-order valence-corrected chi connectivity index (χ1v) is 8.74. The summed E-state index contributed by atoms with van der Waals surface area (Å²) in [5, 5.41) is 16.8. The van der Waals surface area contributed by atoms with Crippen LogP contribution in [0.25, 0.3) is 0 Å². The molecule has 0 atom stereocenters. The van der Waals surface area contributed by atoms with Gasteiger partial charge in [0.2, 0.25) is 0 Å². The van der Waals surface area contributed by atoms with E-state index in [0.717, 1.165) is 38.3 Å². The van der Waals surface area contributed by atoms with Crippen LogP contribution in [0.2, 0.25) is 0 Å². The minimum absolute atomic E-state index is 0.458. The van der Waals surface area contributed by atoms with E-state index in [4.69, 9.17) is 0 Å². The zero-order valence-electron chi connectivity index (χ0n) is 13.0. The molecule has 4 nitrogen and oxygen atoms in total. The number of thioether (sulfide) groups is 1. The fourth-order valence-electron chi connectivity index (χ4n) is 1.62. The molecular weight excluding hydrogens is 258 g/mol. The van der Waals surface area contributed by atoms with E-state index in [1.54, 1.807) is 0 Å². The van der Waals surface area contributed by atoms with Crippen molar-refractivity contribution < 1.29 is 5.11 Å². The lowest BCUT2D eigenvalue weighted by Gasteiger charge is -2.23. The standard InChI is InChI=1S/C14H31N3OS/c1-5-14(18,6-2)12-17-13(15-7-3)16-10-8-9-11-19-4/h18H,5-12H2,1-4H3,(H2,15,16,17). The third-order valence-corrected chi connectivity index (χ3v) is 3.96. The van der Waals surface area contributed by atoms with Gasteiger partial charge >= 0.3 is 0 Å². The molecule has 0 aromatic rings. The molecule has 19 heavy (non-hydrogen) atoms. The molecule has 0 aromatic carbocycles. The highest BCUT2D eigenvalue weighted by Crippen LogP contribution is 2.14. The SMILES string of the molecule is CCNC(=NCC(O)(CC)CC)NCCCCSC. The molecule has 0 unspecified atom stereocenters. The Bertz CT molecular complexity index is 243. The number of rotatable bonds is 10. The number of nitrogens with one attached hydrogen (secondary N) is 2. The molecule has 0 spiro atoms. The Kier molecular flexibility index (Phi) is 11.2. The van der Waals surface area contributed by atoms with Gasteiger partial charge in [-0.15, -0.1) is 0 Å². The van der Waals surface area contributed by atoms with Crippen LogP contribution >= 0.6 is 11.8 Å². The van der Waals surface area contributed by atoms with E-state index < -0.39 is 5.60 Å². The molecule has 0 saturated carbocycles. The first kappa shape index (κ1) is 18.6. The van der Waals surface area contributed by atoms with Gasteiger partial charge in [-0.25, -0.2) is 0 Å². The second-order valence-electron chi connectivity index (χ2n) is 4.75. The maximum atomic E-state index is 10.2. The molecule has 0 bridgehead atoms. The second-order valence-corrected chi connectivity index (χ2v) is 5.74. The van der Waals surface area contributed by atoms with Crippen molar-refractivity contribution >= 4 is 17.7 Å². The van der Waals surface area contributed by atoms with E-state index in [-0.39, 0.29) is 0 Å². The minimum atomic E-state index is -0.665. The van der Waals surface area contributed by atoms with E-state index in [1.807, 2.05) is 25.6 Å². The van der Waals surface area contributed by atoms with E-state index in [1.165, 1.54) is 12.2 Å². The summed E-state index contributed by atoms with van der Waals surface area (Å²) >= 11 is 1.88. The molecule has 0 aromatic heterocycles. The molecular formula is C14H31N3OS. The predicted octanol–water partition coefficient (Wildman–Crippen LogP) is 2.24. The number of aliphatic imine (C=N–C) groups is 1. The average molecular weight is 289 g/mol. The van der Waals surface area contributed by atoms with Gasteiger partial charge in [0.25, 0.3) is 0 Å². The van der Waals surface area contributed by atoms with Gasteiger partial charge in [-0.05, 0) is 44.6 Å². The van der Waals surface area contributed by atoms with Crippen LogP contribution in [0.5, 0.6) is 0 Å². The predicted molar refractivity (Wildman–Crippen MR) is 87.1 cm³/mol. The van der Waals surface area contributed by atoms with E-state index in [9.17, 15) is 5.11 Å². The molecule has 0 rings (SSSR count). The third-order valence-electron chi connectivity index (χ3n) is 3.26. The number of unbranched alkanes of at least 4 members (excludes halogenated alkanes) is 1. The van der Waals surface area contributed by atoms with Gasteiger partial charge in [0.05, 0.1) is 12.1 Å². The van der Waals surface area contributed by atoms with Crippen molar-refractivity contribution in [2.75, 3.05) is 31.6 Å². The number of aliphatic hydroxyl groups is 1. The van der Waals surface area contributed by atoms with Gasteiger partial charge in [0.15, 0.2) is 5.96 Å². The summed E-state index contributed by atoms with van der Waals surface area (Å²) in [5.74, 6) is 2.02. The maximum absolute atomic E-state index is 10.2. The van der Waals surface area contributed by atoms with Crippen LogP contribution in [0, 0.1) is 0 Å². The van der Waals surface area contributed by atoms with Gasteiger partial charge in [0.1, 0.15) is 0 Å². The van der Waals surface area contributed by atoms with Crippen molar-refractivity contribution in [1.29, 1.82) is 0 Å². The largest absolute Gasteiger partial charge is 0.388 e. The lowest BCUT2D eigenvalue weighted by molar-refractivity contribution is 0.0418. The number of guanidine groups is 1. The van der Waals surface area contributed by atoms with Crippen LogP contribution in [0.4, 0.5) is 0 Å². The molecule has 3 N–H and O–H groups in total. The smallest absolute Gasteiger partial charge is 0.191 e. The van der Waals surface area contributed by atoms with E-state index in [2.05, 4.69) is 28.8 Å². The van der Waals surface area contributed by atoms with Gasteiger partial charge in [-0.3, -0.25) is 4.99 Å². The quantitative estimate of drug-likeness (QED) is 0.328. The van der Waals surface area contributed by atoms with Gasteiger partial charge in [0, 0.05) is 13.1 Å². The molecule has 0 saturated heterocycles. The minimum Gasteiger partial charge on any atom is -0.388 e. The summed E-state index contributed by atoms with van der Waals surface area (Å²) in [4.78, 5) is 4.48. The molecule has 114 valence electrons. The highest BCUT2D eigenvalue weighted by molar-refractivity contribution is 7.98. The molecule has 0 aliphatic heterocycles. The number of hydrogen-bond acceptors (Lipinski definition) is 3. The van der Waals surface area contributed by atoms with Crippen LogP contribution in [-0.4, -0.2) is 48.3 Å². The van der Waals surface area contributed by atoms with E-state index in [0.29, 0.717) is 6.54 Å². The Labute approximate surface area is 122 Å². The lowest BCUT2D eigenvalue weighted by atomic mass is 9.98. The fraction of sp³-hybridized carbons (Fsp3) is 0.929. The summed E-state index contributed by atoms with van der Waals surface area (Å²) in [7, 11) is 0. The van der Waals surface area contributed by atoms with Gasteiger partial charge in [-0.2, -0.15) is 11.8 Å². The first-order chi connectivity index (χ1) is 9.11. The Morgan fingerprint density at radius 1 is 1.16 bits per heavy atom. The lowest BCUT2D eigenvalue weighted by Crippen LogP contribution is -2.40. The summed E-state index contributed by atoms with van der Waals surface area (Å²) < 4.78 is 0. The van der Waals surface area contributed by atoms with Crippen molar-refractivity contribution in [3.8, 4) is 0 Å². The fourth-order valence-corrected chi connectivity index (χ4v) is 2.11. The van der Waals surface area contributed by atoms with Crippen LogP contribution in [0.1, 0.15) is 46.5 Å². The summed E-state index contributed by atoms with van der Waals surface area (Å²) in [6, 6.07) is 0. The van der Waals surface area contributed by atoms with Gasteiger partial charge < -0.3 is 15.7 Å². The van der Waals surface area contributed by atoms with Crippen molar-refractivity contribution in [2.45, 2.75) is 52.1 Å². The Balaban J connectivity index is 4.15. The Morgan fingerprint density at radius 2 is 1.84 bits per heavy atom.